The van der Waals surface area contributed by atoms with Gasteiger partial charge in [-0.3, -0.25) is 4.72 Å². The Morgan fingerprint density at radius 1 is 1.29 bits per heavy atom. The van der Waals surface area contributed by atoms with Crippen molar-refractivity contribution in [3.8, 4) is 0 Å². The van der Waals surface area contributed by atoms with Crippen LogP contribution in [-0.4, -0.2) is 33.4 Å². The summed E-state index contributed by atoms with van der Waals surface area (Å²) in [5.74, 6) is 0. The molecule has 2 rings (SSSR count). The molecule has 1 aromatic carbocycles. The van der Waals surface area contributed by atoms with Gasteiger partial charge in [0.2, 0.25) is 0 Å². The van der Waals surface area contributed by atoms with E-state index in [1.807, 2.05) is 18.2 Å². The number of nitrogens with zero attached hydrogens (tertiary/aromatic N) is 1. The lowest BCUT2D eigenvalue weighted by molar-refractivity contribution is 0.527. The molecule has 1 aliphatic rings. The monoisotopic (exact) mass is 255 g/mol. The summed E-state index contributed by atoms with van der Waals surface area (Å²) in [7, 11) is -0.410. The van der Waals surface area contributed by atoms with Crippen LogP contribution in [0.25, 0.3) is 0 Å². The zero-order valence-electron chi connectivity index (χ0n) is 10.0. The van der Waals surface area contributed by atoms with Gasteiger partial charge < -0.3 is 5.32 Å². The van der Waals surface area contributed by atoms with Crippen molar-refractivity contribution >= 4 is 15.9 Å². The highest BCUT2D eigenvalue weighted by Crippen LogP contribution is 2.19. The van der Waals surface area contributed by atoms with Crippen LogP contribution in [-0.2, 0) is 23.2 Å². The highest BCUT2D eigenvalue weighted by molar-refractivity contribution is 7.90. The summed E-state index contributed by atoms with van der Waals surface area (Å²) in [5.41, 5.74) is 3.06. The number of nitrogens with one attached hydrogen (secondary N) is 2. The maximum atomic E-state index is 11.7. The van der Waals surface area contributed by atoms with Crippen molar-refractivity contribution in [3.05, 3.63) is 29.3 Å². The Kier molecular flexibility index (Phi) is 3.37. The van der Waals surface area contributed by atoms with Crippen LogP contribution in [0.15, 0.2) is 18.2 Å². The lowest BCUT2D eigenvalue weighted by Crippen LogP contribution is -2.29. The summed E-state index contributed by atoms with van der Waals surface area (Å²) >= 11 is 0. The highest BCUT2D eigenvalue weighted by atomic mass is 32.2. The van der Waals surface area contributed by atoms with E-state index in [9.17, 15) is 8.42 Å². The van der Waals surface area contributed by atoms with Crippen LogP contribution >= 0.6 is 0 Å². The van der Waals surface area contributed by atoms with Gasteiger partial charge in [0.15, 0.2) is 0 Å². The molecule has 6 heteroatoms. The van der Waals surface area contributed by atoms with E-state index in [1.54, 1.807) is 0 Å². The van der Waals surface area contributed by atoms with E-state index in [0.717, 1.165) is 29.4 Å². The molecule has 0 amide bonds. The molecular weight excluding hydrogens is 238 g/mol. The zero-order chi connectivity index (χ0) is 12.5. The Hall–Kier alpha value is -1.11. The second-order valence-electron chi connectivity index (χ2n) is 4.30. The van der Waals surface area contributed by atoms with E-state index in [2.05, 4.69) is 10.0 Å². The Labute approximate surface area is 102 Å². The van der Waals surface area contributed by atoms with Crippen LogP contribution in [0.4, 0.5) is 5.69 Å². The summed E-state index contributed by atoms with van der Waals surface area (Å²) in [5, 5.41) is 3.27. The summed E-state index contributed by atoms with van der Waals surface area (Å²) in [6.07, 6.45) is 0.996. The molecule has 0 atom stereocenters. The molecule has 0 bridgehead atoms. The minimum absolute atomic E-state index is 0.612. The van der Waals surface area contributed by atoms with E-state index in [1.165, 1.54) is 19.7 Å². The Morgan fingerprint density at radius 2 is 2.06 bits per heavy atom. The average molecular weight is 255 g/mol. The van der Waals surface area contributed by atoms with Crippen LogP contribution in [0.2, 0.25) is 0 Å². The molecule has 0 spiro atoms. The average Bonchev–Trinajstić information content (AvgIpc) is 2.28. The first-order valence-electron chi connectivity index (χ1n) is 5.52. The van der Waals surface area contributed by atoms with E-state index < -0.39 is 10.2 Å². The van der Waals surface area contributed by atoms with Gasteiger partial charge in [0.1, 0.15) is 0 Å². The predicted molar refractivity (Wildman–Crippen MR) is 68.1 cm³/mol. The van der Waals surface area contributed by atoms with Gasteiger partial charge in [0, 0.05) is 20.6 Å². The summed E-state index contributed by atoms with van der Waals surface area (Å²) in [6, 6.07) is 5.69. The van der Waals surface area contributed by atoms with Gasteiger partial charge in [0.05, 0.1) is 5.69 Å². The van der Waals surface area contributed by atoms with Crippen molar-refractivity contribution in [2.45, 2.75) is 13.0 Å². The topological polar surface area (TPSA) is 61.4 Å². The standard InChI is InChI=1S/C11H17N3O2S/c1-14(2)17(15,16)13-11-4-3-9-5-6-12-8-10(9)7-11/h3-4,7,12-13H,5-6,8H2,1-2H3. The molecule has 5 nitrogen and oxygen atoms in total. The van der Waals surface area contributed by atoms with Crippen LogP contribution in [0.3, 0.4) is 0 Å². The molecule has 0 saturated heterocycles. The normalized spacial score (nSPS) is 15.7. The minimum atomic E-state index is -3.41. The molecule has 0 fully saturated rings. The lowest BCUT2D eigenvalue weighted by atomic mass is 10.0. The fourth-order valence-electron chi connectivity index (χ4n) is 1.78. The molecule has 2 N–H and O–H groups in total. The number of anilines is 1. The van der Waals surface area contributed by atoms with Crippen molar-refractivity contribution in [2.75, 3.05) is 25.4 Å². The van der Waals surface area contributed by atoms with Gasteiger partial charge in [-0.1, -0.05) is 6.07 Å². The van der Waals surface area contributed by atoms with Gasteiger partial charge in [-0.25, -0.2) is 0 Å². The van der Waals surface area contributed by atoms with Crippen molar-refractivity contribution < 1.29 is 8.42 Å². The quantitative estimate of drug-likeness (QED) is 0.829. The van der Waals surface area contributed by atoms with E-state index >= 15 is 0 Å². The predicted octanol–water partition coefficient (Wildman–Crippen LogP) is 0.551. The summed E-state index contributed by atoms with van der Waals surface area (Å²) < 4.78 is 27.0. The molecule has 1 aromatic rings. The zero-order valence-corrected chi connectivity index (χ0v) is 10.8. The van der Waals surface area contributed by atoms with E-state index in [-0.39, 0.29) is 0 Å². The maximum Gasteiger partial charge on any atom is 0.301 e. The number of rotatable bonds is 3. The summed E-state index contributed by atoms with van der Waals surface area (Å²) in [6.45, 7) is 1.78. The van der Waals surface area contributed by atoms with Crippen molar-refractivity contribution in [1.29, 1.82) is 0 Å². The fourth-order valence-corrected chi connectivity index (χ4v) is 2.39. The molecule has 0 saturated carbocycles. The highest BCUT2D eigenvalue weighted by Gasteiger charge is 2.14. The molecule has 0 aliphatic carbocycles. The SMILES string of the molecule is CN(C)S(=O)(=O)Nc1ccc2c(c1)CNCC2. The van der Waals surface area contributed by atoms with E-state index in [4.69, 9.17) is 0 Å². The van der Waals surface area contributed by atoms with Crippen molar-refractivity contribution in [3.63, 3.8) is 0 Å². The number of hydrogen-bond acceptors (Lipinski definition) is 3. The third kappa shape index (κ3) is 2.77. The molecule has 17 heavy (non-hydrogen) atoms. The van der Waals surface area contributed by atoms with Crippen LogP contribution in [0.5, 0.6) is 0 Å². The van der Waals surface area contributed by atoms with Crippen LogP contribution < -0.4 is 10.0 Å². The van der Waals surface area contributed by atoms with Gasteiger partial charge in [-0.15, -0.1) is 0 Å². The third-order valence-electron chi connectivity index (χ3n) is 2.82. The first-order valence-corrected chi connectivity index (χ1v) is 6.96. The largest absolute Gasteiger partial charge is 0.312 e. The van der Waals surface area contributed by atoms with Crippen LogP contribution in [0, 0.1) is 0 Å². The second kappa shape index (κ2) is 4.64. The van der Waals surface area contributed by atoms with Gasteiger partial charge in [-0.2, -0.15) is 12.7 Å². The first-order chi connectivity index (χ1) is 7.99. The Balaban J connectivity index is 2.23. The Morgan fingerprint density at radius 3 is 2.76 bits per heavy atom. The second-order valence-corrected chi connectivity index (χ2v) is 6.18. The summed E-state index contributed by atoms with van der Waals surface area (Å²) in [4.78, 5) is 0. The molecule has 0 unspecified atom stereocenters. The van der Waals surface area contributed by atoms with Gasteiger partial charge in [0.25, 0.3) is 0 Å². The molecule has 0 radical (unpaired) electrons. The Bertz CT molecular complexity index is 511. The van der Waals surface area contributed by atoms with Gasteiger partial charge >= 0.3 is 10.2 Å². The van der Waals surface area contributed by atoms with Crippen molar-refractivity contribution in [2.24, 2.45) is 0 Å². The molecule has 94 valence electrons. The van der Waals surface area contributed by atoms with Gasteiger partial charge in [-0.05, 0) is 36.2 Å². The minimum Gasteiger partial charge on any atom is -0.312 e. The number of fused-ring (bicyclic) bond motifs is 1. The van der Waals surface area contributed by atoms with Crippen molar-refractivity contribution in [1.82, 2.24) is 9.62 Å². The smallest absolute Gasteiger partial charge is 0.301 e. The van der Waals surface area contributed by atoms with Crippen LogP contribution in [0.1, 0.15) is 11.1 Å². The molecule has 0 aromatic heterocycles. The first kappa shape index (κ1) is 12.3. The van der Waals surface area contributed by atoms with E-state index in [0.29, 0.717) is 5.69 Å². The fraction of sp³-hybridized carbons (Fsp3) is 0.455. The molecule has 1 heterocycles. The number of hydrogen-bond donors (Lipinski definition) is 2. The maximum absolute atomic E-state index is 11.7. The molecular formula is C11H17N3O2S. The lowest BCUT2D eigenvalue weighted by Gasteiger charge is -2.19. The third-order valence-corrected chi connectivity index (χ3v) is 4.28. The number of benzene rings is 1. The molecule has 1 aliphatic heterocycles.